The third-order valence-electron chi connectivity index (χ3n) is 5.96. The van der Waals surface area contributed by atoms with Crippen LogP contribution >= 0.6 is 23.2 Å². The van der Waals surface area contributed by atoms with Crippen LogP contribution in [0.3, 0.4) is 0 Å². The molecule has 0 saturated heterocycles. The van der Waals surface area contributed by atoms with Crippen molar-refractivity contribution >= 4 is 45.7 Å². The zero-order valence-corrected chi connectivity index (χ0v) is 27.5. The number of Topliss-reactive ketones (excluding diaryl/α,β-unsaturated/α-hetero) is 1. The summed E-state index contributed by atoms with van der Waals surface area (Å²) in [5.74, 6) is 0.0595. The monoisotopic (exact) mass is 579 g/mol. The molecular formula is C32H47Cl2NO2S. The van der Waals surface area contributed by atoms with E-state index in [1.807, 2.05) is 52.0 Å². The highest BCUT2D eigenvalue weighted by molar-refractivity contribution is 7.85. The number of carbonyl (C=O) groups excluding carboxylic acids is 1. The molecule has 212 valence electrons. The zero-order valence-electron chi connectivity index (χ0n) is 25.2. The van der Waals surface area contributed by atoms with Gasteiger partial charge in [-0.1, -0.05) is 89.0 Å². The Labute approximate surface area is 244 Å². The Balaban J connectivity index is 0.000000399. The minimum Gasteiger partial charge on any atom is -0.295 e. The lowest BCUT2D eigenvalue weighted by atomic mass is 9.88. The van der Waals surface area contributed by atoms with Crippen LogP contribution in [0.5, 0.6) is 0 Å². The Morgan fingerprint density at radius 2 is 1.13 bits per heavy atom. The molecule has 0 radical (unpaired) electrons. The first-order chi connectivity index (χ1) is 17.2. The van der Waals surface area contributed by atoms with E-state index in [0.29, 0.717) is 21.4 Å². The van der Waals surface area contributed by atoms with E-state index >= 15 is 0 Å². The molecule has 0 bridgehead atoms. The molecule has 1 atom stereocenters. The van der Waals surface area contributed by atoms with Gasteiger partial charge in [-0.3, -0.25) is 4.79 Å². The highest BCUT2D eigenvalue weighted by Crippen LogP contribution is 2.27. The molecule has 0 amide bonds. The topological polar surface area (TPSA) is 46.5 Å². The fourth-order valence-corrected chi connectivity index (χ4v) is 4.46. The summed E-state index contributed by atoms with van der Waals surface area (Å²) in [6.07, 6.45) is 4.10. The lowest BCUT2D eigenvalue weighted by Crippen LogP contribution is -2.20. The first-order valence-electron chi connectivity index (χ1n) is 13.2. The van der Waals surface area contributed by atoms with Crippen molar-refractivity contribution in [3.05, 3.63) is 68.7 Å². The smallest absolute Gasteiger partial charge is 0.159 e. The van der Waals surface area contributed by atoms with Crippen molar-refractivity contribution in [1.29, 1.82) is 0 Å². The molecule has 0 aliphatic rings. The van der Waals surface area contributed by atoms with Crippen molar-refractivity contribution in [1.82, 2.24) is 0 Å². The lowest BCUT2D eigenvalue weighted by Gasteiger charge is -2.18. The SMILES string of the molecule is CC(=N[S@@](=O)C(C)(C)C)c1ccc(CCC(C)(C)C)c(Cl)c1.CC(=O)c1ccc(CCC(C)(C)C)c(Cl)c1. The second-order valence-electron chi connectivity index (χ2n) is 13.3. The largest absolute Gasteiger partial charge is 0.295 e. The van der Waals surface area contributed by atoms with Gasteiger partial charge in [0.2, 0.25) is 0 Å². The maximum absolute atomic E-state index is 12.1. The van der Waals surface area contributed by atoms with Gasteiger partial charge in [-0.05, 0) is 100.0 Å². The molecule has 0 unspecified atom stereocenters. The molecule has 0 aliphatic heterocycles. The molecule has 0 heterocycles. The summed E-state index contributed by atoms with van der Waals surface area (Å²) >= 11 is 12.5. The van der Waals surface area contributed by atoms with Crippen LogP contribution in [0.4, 0.5) is 0 Å². The van der Waals surface area contributed by atoms with E-state index < -0.39 is 11.0 Å². The van der Waals surface area contributed by atoms with Gasteiger partial charge in [-0.2, -0.15) is 4.40 Å². The van der Waals surface area contributed by atoms with Crippen LogP contribution in [0.1, 0.15) is 116 Å². The van der Waals surface area contributed by atoms with Gasteiger partial charge in [-0.25, -0.2) is 4.21 Å². The summed E-state index contributed by atoms with van der Waals surface area (Å²) in [5, 5.41) is 1.47. The molecule has 0 fully saturated rings. The standard InChI is InChI=1S/C18H28ClNOS.C14H19ClO/c1-13(20-22(21)18(5,6)7)15-9-8-14(16(19)12-15)10-11-17(2,3)4;1-10(16)12-6-5-11(13(15)9-12)7-8-14(2,3)4/h8-9,12H,10-11H2,1-7H3;5-6,9H,7-8H2,1-4H3/t22-;/m0./s1. The first-order valence-corrected chi connectivity index (χ1v) is 15.1. The number of halogens is 2. The van der Waals surface area contributed by atoms with Crippen molar-refractivity contribution in [2.75, 3.05) is 0 Å². The minimum absolute atomic E-state index is 0.0595. The maximum Gasteiger partial charge on any atom is 0.159 e. The van der Waals surface area contributed by atoms with E-state index in [4.69, 9.17) is 23.2 Å². The Kier molecular flexibility index (Phi) is 12.9. The fourth-order valence-electron chi connectivity index (χ4n) is 3.28. The number of benzene rings is 2. The molecule has 0 aliphatic carbocycles. The van der Waals surface area contributed by atoms with Crippen molar-refractivity contribution in [3.8, 4) is 0 Å². The molecule has 3 nitrogen and oxygen atoms in total. The van der Waals surface area contributed by atoms with Gasteiger partial charge in [0.1, 0.15) is 11.0 Å². The predicted octanol–water partition coefficient (Wildman–Crippen LogP) is 10.1. The van der Waals surface area contributed by atoms with Gasteiger partial charge in [-0.15, -0.1) is 0 Å². The highest BCUT2D eigenvalue weighted by atomic mass is 35.5. The summed E-state index contributed by atoms with van der Waals surface area (Å²) < 4.78 is 16.1. The number of rotatable bonds is 7. The molecule has 2 rings (SSSR count). The quantitative estimate of drug-likeness (QED) is 0.242. The summed E-state index contributed by atoms with van der Waals surface area (Å²) in [4.78, 5) is 11.2. The number of nitrogens with zero attached hydrogens (tertiary/aromatic N) is 1. The van der Waals surface area contributed by atoms with E-state index in [1.54, 1.807) is 13.0 Å². The van der Waals surface area contributed by atoms with Crippen LogP contribution < -0.4 is 0 Å². The molecule has 0 saturated carbocycles. The van der Waals surface area contributed by atoms with Crippen LogP contribution in [0.15, 0.2) is 40.8 Å². The van der Waals surface area contributed by atoms with Crippen molar-refractivity contribution in [2.45, 2.75) is 107 Å². The van der Waals surface area contributed by atoms with Gasteiger partial charge in [0.05, 0.1) is 10.5 Å². The lowest BCUT2D eigenvalue weighted by molar-refractivity contribution is 0.101. The zero-order chi connectivity index (χ0) is 29.5. The fraction of sp³-hybridized carbons (Fsp3) is 0.562. The minimum atomic E-state index is -1.25. The third-order valence-corrected chi connectivity index (χ3v) is 8.15. The van der Waals surface area contributed by atoms with Gasteiger partial charge in [0, 0.05) is 15.6 Å². The summed E-state index contributed by atoms with van der Waals surface area (Å²) in [5.41, 5.74) is 5.27. The molecule has 2 aromatic rings. The Bertz CT molecular complexity index is 1150. The van der Waals surface area contributed by atoms with Gasteiger partial charge in [0.25, 0.3) is 0 Å². The number of ketones is 1. The molecule has 0 N–H and O–H groups in total. The number of hydrogen-bond acceptors (Lipinski definition) is 2. The van der Waals surface area contributed by atoms with Gasteiger partial charge < -0.3 is 0 Å². The molecular weight excluding hydrogens is 533 g/mol. The van der Waals surface area contributed by atoms with E-state index in [1.165, 1.54) is 0 Å². The Hall–Kier alpha value is -1.49. The highest BCUT2D eigenvalue weighted by Gasteiger charge is 2.19. The number of aryl methyl sites for hydroxylation is 2. The van der Waals surface area contributed by atoms with E-state index in [-0.39, 0.29) is 10.5 Å². The maximum atomic E-state index is 12.1. The first kappa shape index (κ1) is 34.5. The van der Waals surface area contributed by atoms with Crippen molar-refractivity contribution < 1.29 is 9.00 Å². The van der Waals surface area contributed by atoms with E-state index in [0.717, 1.165) is 53.1 Å². The summed E-state index contributed by atoms with van der Waals surface area (Å²) in [6, 6.07) is 11.6. The van der Waals surface area contributed by atoms with Crippen LogP contribution in [0, 0.1) is 10.8 Å². The van der Waals surface area contributed by atoms with E-state index in [2.05, 4.69) is 52.0 Å². The second-order valence-corrected chi connectivity index (χ2v) is 16.0. The normalized spacial score (nSPS) is 13.6. The van der Waals surface area contributed by atoms with Crippen molar-refractivity contribution in [2.24, 2.45) is 15.2 Å². The molecule has 0 aromatic heterocycles. The van der Waals surface area contributed by atoms with Crippen LogP contribution in [0.25, 0.3) is 0 Å². The molecule has 6 heteroatoms. The Morgan fingerprint density at radius 1 is 0.737 bits per heavy atom. The van der Waals surface area contributed by atoms with Crippen LogP contribution in [-0.2, 0) is 23.8 Å². The van der Waals surface area contributed by atoms with Crippen molar-refractivity contribution in [3.63, 3.8) is 0 Å². The average Bonchev–Trinajstić information content (AvgIpc) is 2.75. The summed E-state index contributed by atoms with van der Waals surface area (Å²) in [7, 11) is -1.25. The Morgan fingerprint density at radius 3 is 1.47 bits per heavy atom. The van der Waals surface area contributed by atoms with Crippen LogP contribution in [-0.4, -0.2) is 20.5 Å². The number of hydrogen-bond donors (Lipinski definition) is 0. The van der Waals surface area contributed by atoms with Crippen LogP contribution in [0.2, 0.25) is 10.0 Å². The van der Waals surface area contributed by atoms with E-state index in [9.17, 15) is 9.00 Å². The molecule has 2 aromatic carbocycles. The molecule has 0 spiro atoms. The number of carbonyl (C=O) groups is 1. The van der Waals surface area contributed by atoms with Gasteiger partial charge >= 0.3 is 0 Å². The summed E-state index contributed by atoms with van der Waals surface area (Å²) in [6.45, 7) is 22.5. The predicted molar refractivity (Wildman–Crippen MR) is 169 cm³/mol. The molecule has 38 heavy (non-hydrogen) atoms. The third kappa shape index (κ3) is 13.0. The van der Waals surface area contributed by atoms with Gasteiger partial charge in [0.15, 0.2) is 5.78 Å². The average molecular weight is 581 g/mol. The second kappa shape index (κ2) is 14.2.